The van der Waals surface area contributed by atoms with Crippen molar-refractivity contribution in [1.82, 2.24) is 0 Å². The predicted molar refractivity (Wildman–Crippen MR) is 54.6 cm³/mol. The van der Waals surface area contributed by atoms with Gasteiger partial charge in [-0.2, -0.15) is 0 Å². The van der Waals surface area contributed by atoms with Crippen LogP contribution in [0, 0.1) is 0 Å². The maximum Gasteiger partial charge on any atom is 0.303 e. The summed E-state index contributed by atoms with van der Waals surface area (Å²) in [5.41, 5.74) is 1.14. The summed E-state index contributed by atoms with van der Waals surface area (Å²) in [6, 6.07) is 9.87. The van der Waals surface area contributed by atoms with Crippen LogP contribution in [-0.2, 0) is 16.0 Å². The van der Waals surface area contributed by atoms with Gasteiger partial charge in [-0.25, -0.2) is 0 Å². The number of carbonyl (C=O) groups excluding carboxylic acids is 1. The number of hydrogen-bond acceptors (Lipinski definition) is 2. The molecule has 0 N–H and O–H groups in total. The Balaban J connectivity index is 2.45. The zero-order chi connectivity index (χ0) is 9.68. The van der Waals surface area contributed by atoms with Crippen LogP contribution in [0.25, 0.3) is 0 Å². The van der Waals surface area contributed by atoms with Gasteiger partial charge >= 0.3 is 5.97 Å². The quantitative estimate of drug-likeness (QED) is 0.602. The number of benzene rings is 1. The monoisotopic (exact) mass is 242 g/mol. The third-order valence-electron chi connectivity index (χ3n) is 1.53. The van der Waals surface area contributed by atoms with Crippen LogP contribution in [0.15, 0.2) is 30.3 Å². The molecule has 0 amide bonds. The minimum atomic E-state index is -0.266. The van der Waals surface area contributed by atoms with Gasteiger partial charge in [0.05, 0.1) is 0 Å². The maximum absolute atomic E-state index is 10.6. The Labute approximate surface area is 86.0 Å². The van der Waals surface area contributed by atoms with Gasteiger partial charge in [0, 0.05) is 13.3 Å². The van der Waals surface area contributed by atoms with Gasteiger partial charge in [-0.15, -0.1) is 0 Å². The predicted octanol–water partition coefficient (Wildman–Crippen LogP) is 2.51. The zero-order valence-electron chi connectivity index (χ0n) is 7.37. The molecular weight excluding hydrogens is 232 g/mol. The molecule has 0 aliphatic carbocycles. The molecule has 1 rings (SSSR count). The number of halogens is 1. The molecule has 13 heavy (non-hydrogen) atoms. The molecule has 0 radical (unpaired) electrons. The second-order valence-electron chi connectivity index (χ2n) is 2.71. The van der Waals surface area contributed by atoms with Gasteiger partial charge in [-0.05, 0) is 21.5 Å². The van der Waals surface area contributed by atoms with Gasteiger partial charge in [-0.1, -0.05) is 30.3 Å². The molecule has 0 fully saturated rings. The second kappa shape index (κ2) is 5.02. The smallest absolute Gasteiger partial charge is 0.303 e. The Morgan fingerprint density at radius 2 is 2.08 bits per heavy atom. The largest absolute Gasteiger partial charge is 0.451 e. The molecule has 0 aliphatic rings. The van der Waals surface area contributed by atoms with Crippen LogP contribution in [-0.4, -0.2) is 11.0 Å². The molecule has 0 saturated heterocycles. The van der Waals surface area contributed by atoms with Gasteiger partial charge in [-0.3, -0.25) is 4.79 Å². The van der Waals surface area contributed by atoms with E-state index in [-0.39, 0.29) is 11.0 Å². The van der Waals surface area contributed by atoms with E-state index < -0.39 is 0 Å². The average molecular weight is 243 g/mol. The maximum atomic E-state index is 10.6. The van der Waals surface area contributed by atoms with Crippen molar-refractivity contribution in [2.75, 3.05) is 0 Å². The minimum Gasteiger partial charge on any atom is -0.451 e. The highest BCUT2D eigenvalue weighted by Gasteiger charge is 2.07. The zero-order valence-corrected chi connectivity index (χ0v) is 8.95. The van der Waals surface area contributed by atoms with E-state index in [0.29, 0.717) is 6.42 Å². The van der Waals surface area contributed by atoms with Gasteiger partial charge < -0.3 is 4.74 Å². The summed E-state index contributed by atoms with van der Waals surface area (Å²) in [7, 11) is 0. The summed E-state index contributed by atoms with van der Waals surface area (Å²) in [5.74, 6) is -0.266. The molecule has 1 aromatic carbocycles. The highest BCUT2D eigenvalue weighted by Crippen LogP contribution is 2.10. The fourth-order valence-corrected chi connectivity index (χ4v) is 1.66. The summed E-state index contributed by atoms with van der Waals surface area (Å²) >= 11 is 3.27. The fraction of sp³-hybridized carbons (Fsp3) is 0.300. The van der Waals surface area contributed by atoms with Gasteiger partial charge in [0.1, 0.15) is 0 Å². The van der Waals surface area contributed by atoms with Crippen LogP contribution in [0.3, 0.4) is 0 Å². The number of hydrogen-bond donors (Lipinski definition) is 0. The highest BCUT2D eigenvalue weighted by atomic mass is 79.9. The van der Waals surface area contributed by atoms with Gasteiger partial charge in [0.25, 0.3) is 0 Å². The van der Waals surface area contributed by atoms with E-state index in [1.54, 1.807) is 0 Å². The molecule has 0 aromatic heterocycles. The molecule has 0 bridgehead atoms. The van der Waals surface area contributed by atoms with Crippen molar-refractivity contribution in [1.29, 1.82) is 0 Å². The number of rotatable bonds is 3. The molecule has 0 saturated carbocycles. The molecule has 1 atom stereocenters. The Bertz CT molecular complexity index is 272. The average Bonchev–Trinajstić information content (AvgIpc) is 2.04. The van der Waals surface area contributed by atoms with Gasteiger partial charge in [0.15, 0.2) is 5.01 Å². The van der Waals surface area contributed by atoms with E-state index >= 15 is 0 Å². The molecule has 3 heteroatoms. The third-order valence-corrected chi connectivity index (χ3v) is 2.04. The van der Waals surface area contributed by atoms with Crippen LogP contribution in [0.5, 0.6) is 0 Å². The summed E-state index contributed by atoms with van der Waals surface area (Å²) in [6.07, 6.45) is 0.695. The number of alkyl halides is 1. The topological polar surface area (TPSA) is 26.3 Å². The number of esters is 1. The van der Waals surface area contributed by atoms with Crippen LogP contribution in [0.2, 0.25) is 0 Å². The van der Waals surface area contributed by atoms with E-state index in [1.165, 1.54) is 6.92 Å². The van der Waals surface area contributed by atoms with E-state index in [2.05, 4.69) is 15.9 Å². The van der Waals surface area contributed by atoms with E-state index in [1.807, 2.05) is 30.3 Å². The Hall–Kier alpha value is -0.830. The highest BCUT2D eigenvalue weighted by molar-refractivity contribution is 9.09. The standard InChI is InChI=1S/C10H11BrO2/c1-8(12)13-10(11)7-9-5-3-2-4-6-9/h2-6,10H,7H2,1H3/t10-/m1/s1. The molecule has 0 heterocycles. The lowest BCUT2D eigenvalue weighted by molar-refractivity contribution is -0.142. The van der Waals surface area contributed by atoms with Crippen molar-refractivity contribution in [2.45, 2.75) is 18.4 Å². The van der Waals surface area contributed by atoms with Gasteiger partial charge in [0.2, 0.25) is 0 Å². The first-order valence-corrected chi connectivity index (χ1v) is 4.95. The third kappa shape index (κ3) is 4.08. The molecule has 0 spiro atoms. The van der Waals surface area contributed by atoms with Crippen molar-refractivity contribution in [3.63, 3.8) is 0 Å². The lowest BCUT2D eigenvalue weighted by Crippen LogP contribution is -2.11. The Kier molecular flexibility index (Phi) is 3.96. The van der Waals surface area contributed by atoms with E-state index in [0.717, 1.165) is 5.56 Å². The van der Waals surface area contributed by atoms with Crippen LogP contribution in [0.1, 0.15) is 12.5 Å². The molecule has 70 valence electrons. The van der Waals surface area contributed by atoms with Crippen molar-refractivity contribution < 1.29 is 9.53 Å². The Morgan fingerprint density at radius 1 is 1.46 bits per heavy atom. The van der Waals surface area contributed by atoms with Crippen LogP contribution >= 0.6 is 15.9 Å². The number of carbonyl (C=O) groups is 1. The number of ether oxygens (including phenoxy) is 1. The molecule has 0 aliphatic heterocycles. The first kappa shape index (κ1) is 10.3. The summed E-state index contributed by atoms with van der Waals surface area (Å²) in [5, 5.41) is -0.229. The van der Waals surface area contributed by atoms with Crippen molar-refractivity contribution in [3.8, 4) is 0 Å². The SMILES string of the molecule is CC(=O)O[C@@H](Br)Cc1ccccc1. The summed E-state index contributed by atoms with van der Waals surface area (Å²) < 4.78 is 4.93. The van der Waals surface area contributed by atoms with Crippen LogP contribution in [0.4, 0.5) is 0 Å². The molecule has 1 aromatic rings. The molecule has 0 unspecified atom stereocenters. The first-order chi connectivity index (χ1) is 6.18. The summed E-state index contributed by atoms with van der Waals surface area (Å²) in [4.78, 5) is 10.6. The second-order valence-corrected chi connectivity index (χ2v) is 3.73. The fourth-order valence-electron chi connectivity index (χ4n) is 1.02. The molecular formula is C10H11BrO2. The lowest BCUT2D eigenvalue weighted by atomic mass is 10.2. The first-order valence-electron chi connectivity index (χ1n) is 4.03. The lowest BCUT2D eigenvalue weighted by Gasteiger charge is -2.09. The minimum absolute atomic E-state index is 0.229. The molecule has 2 nitrogen and oxygen atoms in total. The van der Waals surface area contributed by atoms with E-state index in [9.17, 15) is 4.79 Å². The van der Waals surface area contributed by atoms with Crippen molar-refractivity contribution >= 4 is 21.9 Å². The normalized spacial score (nSPS) is 12.2. The van der Waals surface area contributed by atoms with E-state index in [4.69, 9.17) is 4.74 Å². The Morgan fingerprint density at radius 3 is 2.62 bits per heavy atom. The summed E-state index contributed by atoms with van der Waals surface area (Å²) in [6.45, 7) is 1.40. The van der Waals surface area contributed by atoms with Crippen LogP contribution < -0.4 is 0 Å². The van der Waals surface area contributed by atoms with Crippen molar-refractivity contribution in [3.05, 3.63) is 35.9 Å². The van der Waals surface area contributed by atoms with Crippen molar-refractivity contribution in [2.24, 2.45) is 0 Å².